The van der Waals surface area contributed by atoms with Crippen LogP contribution < -0.4 is 0 Å². The quantitative estimate of drug-likeness (QED) is 0.864. The first-order valence-electron chi connectivity index (χ1n) is 6.90. The van der Waals surface area contributed by atoms with Gasteiger partial charge in [-0.3, -0.25) is 4.79 Å². The van der Waals surface area contributed by atoms with Gasteiger partial charge in [0.15, 0.2) is 0 Å². The third-order valence-corrected chi connectivity index (χ3v) is 3.44. The second-order valence-corrected chi connectivity index (χ2v) is 5.18. The molecule has 0 aliphatic carbocycles. The van der Waals surface area contributed by atoms with E-state index in [1.54, 1.807) is 17.0 Å². The van der Waals surface area contributed by atoms with Crippen LogP contribution >= 0.6 is 0 Å². The van der Waals surface area contributed by atoms with E-state index in [1.807, 2.05) is 19.9 Å². The second kappa shape index (κ2) is 6.54. The van der Waals surface area contributed by atoms with Gasteiger partial charge in [0.25, 0.3) is 5.91 Å². The van der Waals surface area contributed by atoms with Gasteiger partial charge in [-0.25, -0.2) is 4.79 Å². The molecule has 0 radical (unpaired) electrons. The van der Waals surface area contributed by atoms with E-state index in [9.17, 15) is 9.59 Å². The molecule has 0 aromatic heterocycles. The fourth-order valence-corrected chi connectivity index (χ4v) is 2.31. The topological polar surface area (TPSA) is 66.8 Å². The first-order valence-corrected chi connectivity index (χ1v) is 6.90. The normalized spacial score (nSPS) is 19.0. The summed E-state index contributed by atoms with van der Waals surface area (Å²) in [5.74, 6) is -1.04. The van der Waals surface area contributed by atoms with Crippen LogP contribution in [0.1, 0.15) is 28.4 Å². The molecular weight excluding hydrogens is 270 g/mol. The van der Waals surface area contributed by atoms with Crippen molar-refractivity contribution in [3.63, 3.8) is 0 Å². The van der Waals surface area contributed by atoms with Crippen molar-refractivity contribution in [2.24, 2.45) is 0 Å². The van der Waals surface area contributed by atoms with E-state index in [0.717, 1.165) is 11.6 Å². The Bertz CT molecular complexity index is 580. The van der Waals surface area contributed by atoms with Crippen LogP contribution in [0.5, 0.6) is 0 Å². The summed E-state index contributed by atoms with van der Waals surface area (Å²) in [5.41, 5.74) is 2.19. The van der Waals surface area contributed by atoms with Crippen LogP contribution in [-0.2, 0) is 9.53 Å². The first-order chi connectivity index (χ1) is 9.97. The highest BCUT2D eigenvalue weighted by molar-refractivity contribution is 5.96. The van der Waals surface area contributed by atoms with Crippen molar-refractivity contribution in [3.05, 3.63) is 41.0 Å². The minimum absolute atomic E-state index is 0.0341. The number of ether oxygens (including phenoxy) is 1. The smallest absolute Gasteiger partial charge is 0.328 e. The van der Waals surface area contributed by atoms with E-state index in [2.05, 4.69) is 0 Å². The lowest BCUT2D eigenvalue weighted by Crippen LogP contribution is -2.44. The van der Waals surface area contributed by atoms with Crippen LogP contribution in [0.2, 0.25) is 0 Å². The van der Waals surface area contributed by atoms with Crippen LogP contribution in [0.25, 0.3) is 6.08 Å². The standard InChI is InChI=1S/C16H19NO4/c1-11-3-4-13(5-6-15(18)19)9-14(11)16(20)17-7-8-21-12(2)10-17/h3-6,9,12H,7-8,10H2,1-2H3,(H,18,19). The van der Waals surface area contributed by atoms with Gasteiger partial charge in [0.2, 0.25) is 0 Å². The summed E-state index contributed by atoms with van der Waals surface area (Å²) >= 11 is 0. The molecule has 1 aromatic carbocycles. The lowest BCUT2D eigenvalue weighted by Gasteiger charge is -2.31. The highest BCUT2D eigenvalue weighted by Crippen LogP contribution is 2.17. The predicted octanol–water partition coefficient (Wildman–Crippen LogP) is 1.95. The predicted molar refractivity (Wildman–Crippen MR) is 79.2 cm³/mol. The average molecular weight is 289 g/mol. The molecule has 5 nitrogen and oxygen atoms in total. The van der Waals surface area contributed by atoms with Crippen LogP contribution in [0.3, 0.4) is 0 Å². The summed E-state index contributed by atoms with van der Waals surface area (Å²) in [4.78, 5) is 24.9. The third-order valence-electron chi connectivity index (χ3n) is 3.44. The summed E-state index contributed by atoms with van der Waals surface area (Å²) in [6, 6.07) is 5.36. The number of amides is 1. The van der Waals surface area contributed by atoms with Crippen molar-refractivity contribution in [1.29, 1.82) is 0 Å². The maximum absolute atomic E-state index is 12.6. The van der Waals surface area contributed by atoms with Gasteiger partial charge in [-0.1, -0.05) is 12.1 Å². The third kappa shape index (κ3) is 3.92. The fraction of sp³-hybridized carbons (Fsp3) is 0.375. The number of carboxylic acid groups (broad SMARTS) is 1. The molecule has 1 N–H and O–H groups in total. The summed E-state index contributed by atoms with van der Waals surface area (Å²) in [5, 5.41) is 8.67. The van der Waals surface area contributed by atoms with E-state index in [1.165, 1.54) is 6.08 Å². The van der Waals surface area contributed by atoms with Crippen molar-refractivity contribution in [3.8, 4) is 0 Å². The molecule has 1 heterocycles. The number of benzene rings is 1. The summed E-state index contributed by atoms with van der Waals surface area (Å²) < 4.78 is 5.44. The van der Waals surface area contributed by atoms with Crippen LogP contribution in [-0.4, -0.2) is 47.7 Å². The van der Waals surface area contributed by atoms with Gasteiger partial charge in [0.05, 0.1) is 12.7 Å². The van der Waals surface area contributed by atoms with Crippen LogP contribution in [0.4, 0.5) is 0 Å². The number of hydrogen-bond acceptors (Lipinski definition) is 3. The van der Waals surface area contributed by atoms with Crippen molar-refractivity contribution < 1.29 is 19.4 Å². The zero-order chi connectivity index (χ0) is 15.4. The monoisotopic (exact) mass is 289 g/mol. The number of carboxylic acids is 1. The lowest BCUT2D eigenvalue weighted by atomic mass is 10.0. The average Bonchev–Trinajstić information content (AvgIpc) is 2.45. The van der Waals surface area contributed by atoms with Crippen LogP contribution in [0, 0.1) is 6.92 Å². The van der Waals surface area contributed by atoms with E-state index < -0.39 is 5.97 Å². The molecule has 1 amide bonds. The van der Waals surface area contributed by atoms with Gasteiger partial charge in [-0.2, -0.15) is 0 Å². The number of carbonyl (C=O) groups excluding carboxylic acids is 1. The maximum atomic E-state index is 12.6. The number of morpholine rings is 1. The Balaban J connectivity index is 2.23. The SMILES string of the molecule is Cc1ccc(C=CC(=O)O)cc1C(=O)N1CCOC(C)C1. The molecule has 1 aliphatic rings. The molecule has 2 rings (SSSR count). The molecule has 1 fully saturated rings. The van der Waals surface area contributed by atoms with Gasteiger partial charge < -0.3 is 14.7 Å². The Morgan fingerprint density at radius 3 is 2.86 bits per heavy atom. The molecule has 1 atom stereocenters. The number of aryl methyl sites for hydroxylation is 1. The van der Waals surface area contributed by atoms with Gasteiger partial charge in [0.1, 0.15) is 0 Å². The van der Waals surface area contributed by atoms with E-state index >= 15 is 0 Å². The summed E-state index contributed by atoms with van der Waals surface area (Å²) in [6.07, 6.45) is 2.59. The van der Waals surface area contributed by atoms with E-state index in [0.29, 0.717) is 30.8 Å². The molecule has 1 unspecified atom stereocenters. The number of carbonyl (C=O) groups is 2. The van der Waals surface area contributed by atoms with Gasteiger partial charge in [-0.05, 0) is 37.1 Å². The first kappa shape index (κ1) is 15.3. The Kier molecular flexibility index (Phi) is 4.75. The summed E-state index contributed by atoms with van der Waals surface area (Å²) in [6.45, 7) is 5.52. The van der Waals surface area contributed by atoms with Crippen LogP contribution in [0.15, 0.2) is 24.3 Å². The Hall–Kier alpha value is -2.14. The minimum Gasteiger partial charge on any atom is -0.478 e. The van der Waals surface area contributed by atoms with Gasteiger partial charge in [-0.15, -0.1) is 0 Å². The van der Waals surface area contributed by atoms with E-state index in [4.69, 9.17) is 9.84 Å². The zero-order valence-electron chi connectivity index (χ0n) is 12.2. The fourth-order valence-electron chi connectivity index (χ4n) is 2.31. The molecule has 1 aromatic rings. The molecule has 21 heavy (non-hydrogen) atoms. The lowest BCUT2D eigenvalue weighted by molar-refractivity contribution is -0.131. The molecule has 0 spiro atoms. The van der Waals surface area contributed by atoms with Crippen molar-refractivity contribution in [2.75, 3.05) is 19.7 Å². The number of hydrogen-bond donors (Lipinski definition) is 1. The molecule has 1 saturated heterocycles. The zero-order valence-corrected chi connectivity index (χ0v) is 12.2. The molecular formula is C16H19NO4. The summed E-state index contributed by atoms with van der Waals surface area (Å²) in [7, 11) is 0. The number of aliphatic carboxylic acids is 1. The van der Waals surface area contributed by atoms with E-state index in [-0.39, 0.29) is 12.0 Å². The number of rotatable bonds is 3. The molecule has 1 aliphatic heterocycles. The van der Waals surface area contributed by atoms with Gasteiger partial charge in [0, 0.05) is 24.7 Å². The Labute approximate surface area is 123 Å². The largest absolute Gasteiger partial charge is 0.478 e. The highest BCUT2D eigenvalue weighted by Gasteiger charge is 2.23. The Morgan fingerprint density at radius 1 is 1.43 bits per heavy atom. The second-order valence-electron chi connectivity index (χ2n) is 5.18. The number of nitrogens with zero attached hydrogens (tertiary/aromatic N) is 1. The van der Waals surface area contributed by atoms with Gasteiger partial charge >= 0.3 is 5.97 Å². The minimum atomic E-state index is -1.01. The molecule has 5 heteroatoms. The Morgan fingerprint density at radius 2 is 2.19 bits per heavy atom. The maximum Gasteiger partial charge on any atom is 0.328 e. The molecule has 112 valence electrons. The molecule has 0 bridgehead atoms. The van der Waals surface area contributed by atoms with Crippen molar-refractivity contribution in [1.82, 2.24) is 4.90 Å². The highest BCUT2D eigenvalue weighted by atomic mass is 16.5. The van der Waals surface area contributed by atoms with Crippen molar-refractivity contribution >= 4 is 18.0 Å². The van der Waals surface area contributed by atoms with Crippen molar-refractivity contribution in [2.45, 2.75) is 20.0 Å². The molecule has 0 saturated carbocycles.